The number of esters is 1. The van der Waals surface area contributed by atoms with Gasteiger partial charge in [0.25, 0.3) is 0 Å². The van der Waals surface area contributed by atoms with Crippen molar-refractivity contribution in [1.82, 2.24) is 0 Å². The molecule has 278 valence electrons. The fourth-order valence-corrected chi connectivity index (χ4v) is 11.4. The van der Waals surface area contributed by atoms with Crippen molar-refractivity contribution in [3.8, 4) is 0 Å². The molecule has 18 atom stereocenters. The summed E-state index contributed by atoms with van der Waals surface area (Å²) in [5.41, 5.74) is -0.641. The molecule has 0 radical (unpaired) electrons. The van der Waals surface area contributed by atoms with E-state index in [1.807, 2.05) is 0 Å². The van der Waals surface area contributed by atoms with E-state index in [0.29, 0.717) is 32.3 Å². The topological polar surface area (TPSA) is 225 Å². The summed E-state index contributed by atoms with van der Waals surface area (Å²) in [7, 11) is 0. The molecule has 49 heavy (non-hydrogen) atoms. The summed E-state index contributed by atoms with van der Waals surface area (Å²) in [6, 6.07) is 0. The number of ether oxygens (including phenoxy) is 5. The first-order valence-corrected chi connectivity index (χ1v) is 18.1. The Balaban J connectivity index is 0.995. The highest BCUT2D eigenvalue weighted by Crippen LogP contribution is 2.70. The van der Waals surface area contributed by atoms with Gasteiger partial charge in [-0.05, 0) is 99.4 Å². The van der Waals surface area contributed by atoms with Crippen molar-refractivity contribution in [3.63, 3.8) is 0 Å². The molecule has 4 aliphatic carbocycles. The van der Waals surface area contributed by atoms with E-state index in [9.17, 15) is 45.6 Å². The van der Waals surface area contributed by atoms with E-state index in [1.165, 1.54) is 0 Å². The summed E-state index contributed by atoms with van der Waals surface area (Å²) < 4.78 is 28.7. The minimum Gasteiger partial charge on any atom is -0.458 e. The van der Waals surface area contributed by atoms with Gasteiger partial charge in [-0.15, -0.1) is 0 Å². The lowest BCUT2D eigenvalue weighted by Gasteiger charge is -2.64. The van der Waals surface area contributed by atoms with Crippen LogP contribution in [0.5, 0.6) is 0 Å². The number of fused-ring (bicyclic) bond motifs is 5. The molecule has 0 spiro atoms. The summed E-state index contributed by atoms with van der Waals surface area (Å²) in [5, 5.41) is 85.8. The molecule has 7 aliphatic rings. The van der Waals surface area contributed by atoms with E-state index in [2.05, 4.69) is 6.92 Å². The van der Waals surface area contributed by atoms with Gasteiger partial charge in [-0.1, -0.05) is 6.92 Å². The zero-order chi connectivity index (χ0) is 35.0. The number of carbonyl (C=O) groups is 1. The number of aliphatic hydroxyl groups is 8. The van der Waals surface area contributed by atoms with Crippen molar-refractivity contribution in [1.29, 1.82) is 0 Å². The first kappa shape index (κ1) is 36.1. The normalized spacial score (nSPS) is 54.4. The van der Waals surface area contributed by atoms with Gasteiger partial charge < -0.3 is 64.5 Å². The Morgan fingerprint density at radius 3 is 2.27 bits per heavy atom. The number of rotatable bonds is 7. The SMILES string of the molecule is C[C@H]1O[C@@H](O[C@H]2CC[C@]3(CO)C4CC[C@]5(C)[C@@H](C6=CC(=O)OC6)CC[C@]5(O)[C@@H]4CC[C@H]3C2)[C@H](O)[C@H](O)[C@@H]1O[C@@H]1O[C@H](CO)[C@@H](O)[C@H](O)[C@H]1O. The molecule has 0 amide bonds. The Labute approximate surface area is 285 Å². The van der Waals surface area contributed by atoms with Crippen LogP contribution in [0, 0.1) is 34.5 Å². The van der Waals surface area contributed by atoms with Crippen molar-refractivity contribution in [2.24, 2.45) is 34.5 Å². The zero-order valence-corrected chi connectivity index (χ0v) is 28.3. The quantitative estimate of drug-likeness (QED) is 0.121. The van der Waals surface area contributed by atoms with Crippen molar-refractivity contribution in [2.45, 2.75) is 145 Å². The highest BCUT2D eigenvalue weighted by Gasteiger charge is 2.68. The van der Waals surface area contributed by atoms with Gasteiger partial charge in [0.1, 0.15) is 49.3 Å². The number of cyclic esters (lactones) is 1. The summed E-state index contributed by atoms with van der Waals surface area (Å²) in [4.78, 5) is 11.9. The van der Waals surface area contributed by atoms with Crippen LogP contribution >= 0.6 is 0 Å². The second kappa shape index (κ2) is 13.3. The third kappa shape index (κ3) is 5.64. The van der Waals surface area contributed by atoms with Gasteiger partial charge in [0.15, 0.2) is 12.6 Å². The third-order valence-electron chi connectivity index (χ3n) is 14.2. The maximum atomic E-state index is 12.5. The molecule has 3 heterocycles. The Kier molecular flexibility index (Phi) is 9.80. The van der Waals surface area contributed by atoms with Crippen LogP contribution < -0.4 is 0 Å². The molecule has 0 bridgehead atoms. The Morgan fingerprint density at radius 2 is 1.57 bits per heavy atom. The monoisotopic (exact) mass is 698 g/mol. The first-order valence-electron chi connectivity index (χ1n) is 18.1. The van der Waals surface area contributed by atoms with Gasteiger partial charge in [0, 0.05) is 18.1 Å². The van der Waals surface area contributed by atoms with Gasteiger partial charge in [0.05, 0.1) is 24.4 Å². The molecule has 6 fully saturated rings. The average molecular weight is 699 g/mol. The minimum absolute atomic E-state index is 0.0184. The van der Waals surface area contributed by atoms with Gasteiger partial charge in [-0.2, -0.15) is 0 Å². The van der Waals surface area contributed by atoms with Crippen molar-refractivity contribution >= 4 is 5.97 Å². The van der Waals surface area contributed by atoms with Crippen LogP contribution in [0.15, 0.2) is 11.6 Å². The lowest BCUT2D eigenvalue weighted by atomic mass is 9.43. The van der Waals surface area contributed by atoms with Crippen molar-refractivity contribution in [3.05, 3.63) is 11.6 Å². The molecular weight excluding hydrogens is 644 g/mol. The number of hydrogen-bond acceptors (Lipinski definition) is 14. The Bertz CT molecular complexity index is 1260. The predicted molar refractivity (Wildman–Crippen MR) is 167 cm³/mol. The van der Waals surface area contributed by atoms with Crippen LogP contribution in [0.25, 0.3) is 0 Å². The predicted octanol–water partition coefficient (Wildman–Crippen LogP) is -0.747. The maximum absolute atomic E-state index is 12.5. The van der Waals surface area contributed by atoms with Crippen LogP contribution in [0.4, 0.5) is 0 Å². The highest BCUT2D eigenvalue weighted by molar-refractivity contribution is 5.85. The van der Waals surface area contributed by atoms with Crippen molar-refractivity contribution < 1.29 is 69.3 Å². The molecule has 7 rings (SSSR count). The van der Waals surface area contributed by atoms with E-state index in [0.717, 1.165) is 37.7 Å². The standard InChI is InChI=1S/C35H54O14/c1-16-30(49-32-28(42)26(40)25(39)23(13-36)48-32)27(41)29(43)31(46-16)47-19-5-9-34(15-37)18(12-19)3-4-22-21(34)6-8-33(2)20(7-10-35(22,33)44)17-11-24(38)45-14-17/h11,16,18-23,25-32,36-37,39-44H,3-10,12-15H2,1-2H3/t16-,18+,19+,20-,21?,22-,23-,25-,26+,27+,28-,29-,30-,31+,32+,33-,34-,35+/m1/s1. The molecule has 1 unspecified atom stereocenters. The Hall–Kier alpha value is -1.27. The zero-order valence-electron chi connectivity index (χ0n) is 28.3. The second-order valence-corrected chi connectivity index (χ2v) is 16.2. The number of aliphatic hydroxyl groups excluding tert-OH is 7. The molecule has 2 saturated heterocycles. The lowest BCUT2D eigenvalue weighted by Crippen LogP contribution is -2.64. The summed E-state index contributed by atoms with van der Waals surface area (Å²) in [6.45, 7) is 3.47. The molecular formula is C35H54O14. The lowest BCUT2D eigenvalue weighted by molar-refractivity contribution is -0.360. The maximum Gasteiger partial charge on any atom is 0.331 e. The fraction of sp³-hybridized carbons (Fsp3) is 0.914. The van der Waals surface area contributed by atoms with Crippen LogP contribution in [0.3, 0.4) is 0 Å². The van der Waals surface area contributed by atoms with Crippen molar-refractivity contribution in [2.75, 3.05) is 19.8 Å². The smallest absolute Gasteiger partial charge is 0.331 e. The van der Waals surface area contributed by atoms with Crippen LogP contribution in [0.2, 0.25) is 0 Å². The molecule has 0 aromatic carbocycles. The molecule has 14 nitrogen and oxygen atoms in total. The molecule has 8 N–H and O–H groups in total. The third-order valence-corrected chi connectivity index (χ3v) is 14.2. The molecule has 3 aliphatic heterocycles. The van der Waals surface area contributed by atoms with E-state index < -0.39 is 73.6 Å². The second-order valence-electron chi connectivity index (χ2n) is 16.2. The molecule has 14 heteroatoms. The summed E-state index contributed by atoms with van der Waals surface area (Å²) in [6.07, 6.45) is -5.76. The molecule has 0 aromatic rings. The summed E-state index contributed by atoms with van der Waals surface area (Å²) in [5.74, 6) is 0.104. The van der Waals surface area contributed by atoms with E-state index in [4.69, 9.17) is 23.7 Å². The first-order chi connectivity index (χ1) is 23.3. The Morgan fingerprint density at radius 1 is 0.837 bits per heavy atom. The van der Waals surface area contributed by atoms with E-state index >= 15 is 0 Å². The number of carbonyl (C=O) groups excluding carboxylic acids is 1. The van der Waals surface area contributed by atoms with Crippen LogP contribution in [0.1, 0.15) is 71.6 Å². The number of hydrogen-bond donors (Lipinski definition) is 8. The molecule has 0 aromatic heterocycles. The fourth-order valence-electron chi connectivity index (χ4n) is 11.4. The van der Waals surface area contributed by atoms with E-state index in [1.54, 1.807) is 13.0 Å². The van der Waals surface area contributed by atoms with Crippen LogP contribution in [-0.4, -0.2) is 140 Å². The largest absolute Gasteiger partial charge is 0.458 e. The highest BCUT2D eigenvalue weighted by atomic mass is 16.7. The van der Waals surface area contributed by atoms with E-state index in [-0.39, 0.29) is 53.2 Å². The van der Waals surface area contributed by atoms with Gasteiger partial charge in [-0.25, -0.2) is 4.79 Å². The van der Waals surface area contributed by atoms with Gasteiger partial charge in [-0.3, -0.25) is 0 Å². The summed E-state index contributed by atoms with van der Waals surface area (Å²) >= 11 is 0. The molecule has 4 saturated carbocycles. The van der Waals surface area contributed by atoms with Gasteiger partial charge >= 0.3 is 5.97 Å². The van der Waals surface area contributed by atoms with Gasteiger partial charge in [0.2, 0.25) is 0 Å². The van der Waals surface area contributed by atoms with Crippen LogP contribution in [-0.2, 0) is 28.5 Å². The average Bonchev–Trinajstić information content (AvgIpc) is 3.64. The minimum atomic E-state index is -1.67.